The van der Waals surface area contributed by atoms with Crippen molar-refractivity contribution in [2.75, 3.05) is 50.7 Å². The molecule has 12 atom stereocenters. The molecule has 14 N–H and O–H groups in total. The number of imide groups is 1. The molecule has 2 saturated carbocycles. The number of nitrogens with one attached hydrogen (secondary N) is 4. The van der Waals surface area contributed by atoms with Crippen LogP contribution in [0.15, 0.2) is 54.9 Å². The van der Waals surface area contributed by atoms with Crippen LogP contribution in [0.4, 0.5) is 10.7 Å². The number of rotatable bonds is 19. The Kier molecular flexibility index (Phi) is 24.5. The first-order valence-corrected chi connectivity index (χ1v) is 35.9. The number of phenolic OH excluding ortho intramolecular Hbond substituents is 1. The molecule has 2 aromatic carbocycles. The third-order valence-corrected chi connectivity index (χ3v) is 21.0. The average molecular weight is 1420 g/mol. The molecule has 4 aliphatic heterocycles. The van der Waals surface area contributed by atoms with Crippen molar-refractivity contribution in [3.05, 3.63) is 65.4 Å². The van der Waals surface area contributed by atoms with Crippen molar-refractivity contribution >= 4 is 69.2 Å². The van der Waals surface area contributed by atoms with Gasteiger partial charge in [0.2, 0.25) is 35.5 Å². The van der Waals surface area contributed by atoms with Gasteiger partial charge in [-0.1, -0.05) is 67.9 Å². The van der Waals surface area contributed by atoms with E-state index in [1.54, 1.807) is 0 Å². The maximum absolute atomic E-state index is 15.0. The highest BCUT2D eigenvalue weighted by molar-refractivity contribution is 7.81. The summed E-state index contributed by atoms with van der Waals surface area (Å²) in [7, 11) is -5.18. The predicted molar refractivity (Wildman–Crippen MR) is 354 cm³/mol. The summed E-state index contributed by atoms with van der Waals surface area (Å²) in [5.41, 5.74) is 8.15. The zero-order valence-corrected chi connectivity index (χ0v) is 56.7. The van der Waals surface area contributed by atoms with E-state index in [2.05, 4.69) is 40.5 Å². The molecule has 4 aromatic rings. The fourth-order valence-corrected chi connectivity index (χ4v) is 15.4. The quantitative estimate of drug-likeness (QED) is 0.0539. The molecule has 2 aliphatic carbocycles. The van der Waals surface area contributed by atoms with Crippen molar-refractivity contribution < 1.29 is 91.2 Å². The fraction of sp³-hybridized carbons (Fsp3) is 0.615. The summed E-state index contributed by atoms with van der Waals surface area (Å²) < 4.78 is 43.2. The largest absolute Gasteiger partial charge is 0.504 e. The first-order valence-electron chi connectivity index (χ1n) is 33.7. The van der Waals surface area contributed by atoms with E-state index < -0.39 is 181 Å². The van der Waals surface area contributed by atoms with Crippen LogP contribution in [0.5, 0.6) is 11.5 Å². The van der Waals surface area contributed by atoms with Gasteiger partial charge in [0.05, 0.1) is 67.8 Å². The van der Waals surface area contributed by atoms with Crippen LogP contribution in [0, 0.1) is 11.8 Å². The minimum absolute atomic E-state index is 0.0134. The third-order valence-electron chi connectivity index (χ3n) is 19.5. The zero-order chi connectivity index (χ0) is 71.0. The molecule has 10 rings (SSSR count). The molecular weight excluding hydrogens is 1330 g/mol. The SMILES string of the molecule is C[C@@H](O)[C@@H]1NC(=O)[C@@H](NCC2CCC(c3nnc(-c4ccc(-c5cnc(N6CCC(OC7CCCCC7)CC6)nc5)cc4)s3)CC2)C[C@@H](O)CNC(=O)[C@@H]2[C@@H](O)[C@@H](C)CN2C(=O)[C@H]([C@H](O)CC(N)=O)NC(=O)N(C[C@H](O)Cc2ccc(O)c(OS(=O)(=O)O)c2)C(=O)[C@@H]2C[C@@H](O)CN2C1=O. The zero-order valence-electron chi connectivity index (χ0n) is 55.0. The van der Waals surface area contributed by atoms with Gasteiger partial charge in [-0.2, -0.15) is 8.42 Å². The second kappa shape index (κ2) is 32.8. The molecule has 8 amide bonds. The van der Waals surface area contributed by atoms with E-state index in [1.165, 1.54) is 50.5 Å². The number of β-amino-alcohol motifs (C(OH)–C–C–N with tert-alkyl or cyclic N) is 2. The number of aromatic hydroxyl groups is 1. The van der Waals surface area contributed by atoms with Gasteiger partial charge in [-0.15, -0.1) is 10.2 Å². The maximum Gasteiger partial charge on any atom is 0.446 e. The topological polar surface area (TPSA) is 473 Å². The number of carbonyl (C=O) groups is 7. The Bertz CT molecular complexity index is 3610. The number of aromatic nitrogens is 4. The molecule has 6 aliphatic rings. The molecule has 540 valence electrons. The number of piperidine rings is 1. The van der Waals surface area contributed by atoms with Crippen LogP contribution >= 0.6 is 11.3 Å². The molecule has 6 heterocycles. The maximum atomic E-state index is 15.0. The highest BCUT2D eigenvalue weighted by atomic mass is 32.3. The van der Waals surface area contributed by atoms with Gasteiger partial charge in [0.25, 0.3) is 5.91 Å². The molecule has 32 nitrogen and oxygen atoms in total. The lowest BCUT2D eigenvalue weighted by Crippen LogP contribution is -2.63. The van der Waals surface area contributed by atoms with Crippen molar-refractivity contribution in [1.82, 2.24) is 56.1 Å². The lowest BCUT2D eigenvalue weighted by molar-refractivity contribution is -0.147. The number of benzene rings is 2. The summed E-state index contributed by atoms with van der Waals surface area (Å²) in [6.45, 7) is 1.95. The second-order valence-corrected chi connectivity index (χ2v) is 29.0. The van der Waals surface area contributed by atoms with Gasteiger partial charge in [0.15, 0.2) is 11.5 Å². The smallest absolute Gasteiger partial charge is 0.446 e. The fourth-order valence-electron chi connectivity index (χ4n) is 14.1. The molecule has 0 unspecified atom stereocenters. The number of aliphatic hydroxyl groups is 6. The van der Waals surface area contributed by atoms with Crippen LogP contribution in [-0.4, -0.2) is 250 Å². The lowest BCUT2D eigenvalue weighted by atomic mass is 9.82. The van der Waals surface area contributed by atoms with Crippen molar-refractivity contribution in [3.63, 3.8) is 0 Å². The number of aliphatic hydroxyl groups excluding tert-OH is 6. The first-order chi connectivity index (χ1) is 47.2. The van der Waals surface area contributed by atoms with Gasteiger partial charge in [-0.25, -0.2) is 14.8 Å². The number of primary amides is 1. The van der Waals surface area contributed by atoms with E-state index in [4.69, 9.17) is 20.4 Å². The summed E-state index contributed by atoms with van der Waals surface area (Å²) in [5.74, 6) is -8.47. The van der Waals surface area contributed by atoms with E-state index in [-0.39, 0.29) is 36.6 Å². The molecule has 0 radical (unpaired) electrons. The minimum Gasteiger partial charge on any atom is -0.504 e. The Morgan fingerprint density at radius 3 is 2.11 bits per heavy atom. The average Bonchev–Trinajstić information content (AvgIpc) is 1.68. The molecule has 4 saturated heterocycles. The Hall–Kier alpha value is -7.64. The molecular formula is C65H89N13O19S2. The highest BCUT2D eigenvalue weighted by Gasteiger charge is 2.50. The molecule has 0 bridgehead atoms. The number of hydrogen-bond donors (Lipinski definition) is 13. The van der Waals surface area contributed by atoms with Gasteiger partial charge < -0.3 is 86.4 Å². The second-order valence-electron chi connectivity index (χ2n) is 27.0. The molecule has 2 aromatic heterocycles. The summed E-state index contributed by atoms with van der Waals surface area (Å²) in [6, 6.07) is 0.425. The molecule has 0 spiro atoms. The number of hydrogen-bond acceptors (Lipinski definition) is 25. The Labute approximate surface area is 576 Å². The normalized spacial score (nSPS) is 27.9. The van der Waals surface area contributed by atoms with Crippen molar-refractivity contribution in [1.29, 1.82) is 0 Å². The van der Waals surface area contributed by atoms with Crippen LogP contribution in [0.2, 0.25) is 0 Å². The summed E-state index contributed by atoms with van der Waals surface area (Å²) >= 11 is 1.51. The van der Waals surface area contributed by atoms with Crippen LogP contribution in [-0.2, 0) is 50.3 Å². The highest BCUT2D eigenvalue weighted by Crippen LogP contribution is 2.39. The van der Waals surface area contributed by atoms with Crippen molar-refractivity contribution in [3.8, 4) is 33.2 Å². The van der Waals surface area contributed by atoms with Gasteiger partial charge in [0.1, 0.15) is 34.2 Å². The van der Waals surface area contributed by atoms with Gasteiger partial charge in [0, 0.05) is 80.9 Å². The van der Waals surface area contributed by atoms with Crippen LogP contribution in [0.25, 0.3) is 21.7 Å². The monoisotopic (exact) mass is 1420 g/mol. The number of anilines is 1. The predicted octanol–water partition coefficient (Wildman–Crippen LogP) is -0.238. The van der Waals surface area contributed by atoms with E-state index in [0.717, 1.165) is 100 Å². The van der Waals surface area contributed by atoms with Crippen LogP contribution < -0.4 is 36.1 Å². The number of phenols is 1. The molecule has 99 heavy (non-hydrogen) atoms. The Balaban J connectivity index is 0.826. The van der Waals surface area contributed by atoms with Gasteiger partial charge in [-0.05, 0) is 100 Å². The van der Waals surface area contributed by atoms with Gasteiger partial charge >= 0.3 is 16.4 Å². The number of amides is 8. The van der Waals surface area contributed by atoms with Crippen LogP contribution in [0.3, 0.4) is 0 Å². The number of fused-ring (bicyclic) bond motifs is 2. The third kappa shape index (κ3) is 18.9. The number of nitrogens with zero attached hydrogens (tertiary/aromatic N) is 8. The minimum atomic E-state index is -5.18. The molecule has 34 heteroatoms. The summed E-state index contributed by atoms with van der Waals surface area (Å²) in [4.78, 5) is 114. The Morgan fingerprint density at radius 2 is 1.44 bits per heavy atom. The van der Waals surface area contributed by atoms with E-state index in [9.17, 15) is 77.5 Å². The number of nitrogens with two attached hydrogens (primary N) is 1. The van der Waals surface area contributed by atoms with E-state index in [0.29, 0.717) is 29.8 Å². The first kappa shape index (κ1) is 74.1. The lowest BCUT2D eigenvalue weighted by Gasteiger charge is -2.35. The van der Waals surface area contributed by atoms with Crippen molar-refractivity contribution in [2.45, 2.75) is 195 Å². The summed E-state index contributed by atoms with van der Waals surface area (Å²) in [6.07, 6.45) is 2.25. The standard InChI is InChI=1S/C65H89N13O19S2/c1-34-31-77-55(56(34)86)58(88)68-30-42(80)24-47(67-27-36-8-11-39(12-9-36)59-73-74-60(98-59)40-15-13-38(14-16-40)41-28-69-64(70-29-41)75-20-18-46(19-21-75)96-45-6-4-3-5-7-45)57(87)71-53(35(2)79)62(90)76-32-44(82)25-48(76)61(89)78(65(92)72-54(63(77)91)50(84)26-52(66)85)33-43(81)22-37-10-17-49(83)51(23-37)97-99(93,94)95/h10,13-17,23,28-29,34-36,39,42-48,50,53-56,67,79-84,86H,3-9,11-12,18-22,24-27,30-33H2,1-2H3,(H2,66,85)(H,68,88)(H,71,87)(H,72,92)(H,93,94,95)/t34-,35+,36?,39?,42+,43+,44+,47-,48-,50+,53-,54-,55-,56-/m0/s1. The number of urea groups is 1. The van der Waals surface area contributed by atoms with Gasteiger partial charge in [-0.3, -0.25) is 38.2 Å². The number of carbonyl (C=O) groups excluding carboxylic acids is 7. The molecule has 6 fully saturated rings. The Morgan fingerprint density at radius 1 is 0.778 bits per heavy atom. The van der Waals surface area contributed by atoms with E-state index in [1.807, 2.05) is 36.7 Å². The summed E-state index contributed by atoms with van der Waals surface area (Å²) in [5, 5.41) is 99.9. The van der Waals surface area contributed by atoms with Crippen molar-refractivity contribution in [2.24, 2.45) is 17.6 Å². The van der Waals surface area contributed by atoms with E-state index >= 15 is 4.79 Å². The van der Waals surface area contributed by atoms with Crippen LogP contribution in [0.1, 0.15) is 120 Å². The number of ether oxygens (including phenoxy) is 1.